The number of aromatic nitrogens is 2. The molecule has 0 spiro atoms. The number of likely N-dealkylation sites (N-methyl/N-ethyl adjacent to an activating group) is 2. The third-order valence-corrected chi connectivity index (χ3v) is 6.94. The van der Waals surface area contributed by atoms with Crippen molar-refractivity contribution >= 4 is 22.8 Å². The molecule has 2 aliphatic rings. The molecule has 3 heterocycles. The number of benzene rings is 2. The van der Waals surface area contributed by atoms with Crippen LogP contribution in [0.5, 0.6) is 0 Å². The van der Waals surface area contributed by atoms with E-state index in [1.165, 1.54) is 23.5 Å². The molecule has 1 aromatic heterocycles. The van der Waals surface area contributed by atoms with Gasteiger partial charge in [-0.1, -0.05) is 31.2 Å². The molecule has 2 aliphatic heterocycles. The van der Waals surface area contributed by atoms with Crippen LogP contribution in [-0.2, 0) is 18.6 Å². The number of nitro benzene ring substituents is 1. The first-order chi connectivity index (χ1) is 17.5. The summed E-state index contributed by atoms with van der Waals surface area (Å²) in [5.74, 6) is 0. The summed E-state index contributed by atoms with van der Waals surface area (Å²) < 4.78 is 0. The number of piperazine rings is 1. The number of nitrogens with one attached hydrogen (secondary N) is 1. The van der Waals surface area contributed by atoms with Crippen molar-refractivity contribution in [3.05, 3.63) is 87.4 Å². The van der Waals surface area contributed by atoms with Gasteiger partial charge < -0.3 is 4.90 Å². The highest BCUT2D eigenvalue weighted by Crippen LogP contribution is 2.38. The lowest BCUT2D eigenvalue weighted by Gasteiger charge is -2.32. The maximum absolute atomic E-state index is 12.0. The van der Waals surface area contributed by atoms with Gasteiger partial charge in [-0.25, -0.2) is 9.97 Å². The fraction of sp³-hybridized carbons (Fsp3) is 0.370. The first-order valence-electron chi connectivity index (χ1n) is 12.3. The van der Waals surface area contributed by atoms with Gasteiger partial charge in [0.05, 0.1) is 16.0 Å². The van der Waals surface area contributed by atoms with Crippen LogP contribution in [-0.4, -0.2) is 70.7 Å². The molecule has 0 aliphatic carbocycles. The second-order valence-electron chi connectivity index (χ2n) is 9.55. The summed E-state index contributed by atoms with van der Waals surface area (Å²) in [7, 11) is 2.17. The summed E-state index contributed by atoms with van der Waals surface area (Å²) in [5.41, 5.74) is 3.63. The molecule has 1 fully saturated rings. The number of nitrogens with zero attached hydrogens (tertiary/aromatic N) is 6. The Hall–Kier alpha value is -3.53. The Bertz CT molecular complexity index is 1310. The highest BCUT2D eigenvalue weighted by atomic mass is 16.6. The minimum absolute atomic E-state index is 0.00107. The van der Waals surface area contributed by atoms with E-state index in [2.05, 4.69) is 56.4 Å². The van der Waals surface area contributed by atoms with E-state index in [4.69, 9.17) is 4.99 Å². The van der Waals surface area contributed by atoms with Crippen LogP contribution in [0.2, 0.25) is 0 Å². The molecular weight excluding hydrogens is 454 g/mol. The molecule has 36 heavy (non-hydrogen) atoms. The number of allylic oxidation sites excluding steroid dienone is 1. The molecule has 0 bridgehead atoms. The van der Waals surface area contributed by atoms with Crippen molar-refractivity contribution in [2.45, 2.75) is 25.6 Å². The van der Waals surface area contributed by atoms with E-state index in [1.54, 1.807) is 12.3 Å². The van der Waals surface area contributed by atoms with E-state index in [9.17, 15) is 10.1 Å². The molecule has 9 nitrogen and oxygen atoms in total. The van der Waals surface area contributed by atoms with Crippen molar-refractivity contribution in [3.8, 4) is 0 Å². The summed E-state index contributed by atoms with van der Waals surface area (Å²) >= 11 is 0. The highest BCUT2D eigenvalue weighted by Gasteiger charge is 2.38. The summed E-state index contributed by atoms with van der Waals surface area (Å²) in [6.07, 6.45) is 7.57. The van der Waals surface area contributed by atoms with Gasteiger partial charge in [0.2, 0.25) is 0 Å². The van der Waals surface area contributed by atoms with Gasteiger partial charge >= 0.3 is 0 Å². The van der Waals surface area contributed by atoms with Crippen LogP contribution in [0, 0.1) is 10.1 Å². The molecule has 0 amide bonds. The van der Waals surface area contributed by atoms with Gasteiger partial charge in [0.1, 0.15) is 6.33 Å². The van der Waals surface area contributed by atoms with Crippen LogP contribution in [0.3, 0.4) is 0 Å². The van der Waals surface area contributed by atoms with Crippen LogP contribution in [0.15, 0.2) is 65.6 Å². The molecule has 5 rings (SSSR count). The van der Waals surface area contributed by atoms with Crippen LogP contribution >= 0.6 is 0 Å². The number of aliphatic imine (C=N–C) groups is 1. The standard InChI is InChI=1S/C27H31N7O2/c1-3-30-27(24-14-25-23(17-28-19-29-25)13-26(24)34(35)36)15-22(16-31-27)12-20-4-6-21(7-5-20)18-33-10-8-32(2)9-11-33/h4-7,13-17,19,30H,3,8-12,18H2,1-2H3. The van der Waals surface area contributed by atoms with Crippen LogP contribution in [0.1, 0.15) is 23.6 Å². The smallest absolute Gasteiger partial charge is 0.277 e. The summed E-state index contributed by atoms with van der Waals surface area (Å²) in [6.45, 7) is 7.96. The van der Waals surface area contributed by atoms with E-state index < -0.39 is 5.66 Å². The van der Waals surface area contributed by atoms with Crippen LogP contribution in [0.4, 0.5) is 5.69 Å². The van der Waals surface area contributed by atoms with Crippen LogP contribution < -0.4 is 5.32 Å². The Morgan fingerprint density at radius 2 is 1.86 bits per heavy atom. The Morgan fingerprint density at radius 3 is 2.58 bits per heavy atom. The zero-order valence-corrected chi connectivity index (χ0v) is 20.7. The van der Waals surface area contributed by atoms with Crippen LogP contribution in [0.25, 0.3) is 10.9 Å². The Balaban J connectivity index is 1.38. The van der Waals surface area contributed by atoms with Gasteiger partial charge in [0, 0.05) is 56.6 Å². The molecule has 186 valence electrons. The normalized spacial score (nSPS) is 20.7. The molecule has 3 aromatic rings. The SMILES string of the molecule is CCNC1(c2cc3ncncc3cc2[N+](=O)[O-])C=C(Cc2ccc(CN3CCN(C)CC3)cc2)C=N1. The number of rotatable bonds is 8. The van der Waals surface area contributed by atoms with Crippen molar-refractivity contribution in [3.63, 3.8) is 0 Å². The third-order valence-electron chi connectivity index (χ3n) is 6.94. The lowest BCUT2D eigenvalue weighted by molar-refractivity contribution is -0.385. The third kappa shape index (κ3) is 5.04. The first kappa shape index (κ1) is 24.2. The number of nitro groups is 1. The van der Waals surface area contributed by atoms with Crippen molar-refractivity contribution in [1.82, 2.24) is 25.1 Å². The molecule has 0 radical (unpaired) electrons. The van der Waals surface area contributed by atoms with Gasteiger partial charge in [0.25, 0.3) is 5.69 Å². The first-order valence-corrected chi connectivity index (χ1v) is 12.3. The maximum atomic E-state index is 12.0. The minimum atomic E-state index is -1.01. The zero-order valence-electron chi connectivity index (χ0n) is 20.7. The predicted molar refractivity (Wildman–Crippen MR) is 141 cm³/mol. The summed E-state index contributed by atoms with van der Waals surface area (Å²) in [5, 5.41) is 16.0. The molecule has 1 unspecified atom stereocenters. The number of hydrogen-bond donors (Lipinski definition) is 1. The average Bonchev–Trinajstić information content (AvgIpc) is 3.29. The topological polar surface area (TPSA) is 99.8 Å². The fourth-order valence-electron chi connectivity index (χ4n) is 4.97. The van der Waals surface area contributed by atoms with Gasteiger partial charge in [-0.05, 0) is 48.9 Å². The molecule has 1 saturated heterocycles. The fourth-order valence-corrected chi connectivity index (χ4v) is 4.97. The van der Waals surface area contributed by atoms with Crippen molar-refractivity contribution in [2.75, 3.05) is 39.8 Å². The molecular formula is C27H31N7O2. The van der Waals surface area contributed by atoms with Crippen molar-refractivity contribution in [1.29, 1.82) is 0 Å². The second kappa shape index (κ2) is 10.2. The van der Waals surface area contributed by atoms with E-state index in [-0.39, 0.29) is 10.6 Å². The largest absolute Gasteiger partial charge is 0.304 e. The average molecular weight is 486 g/mol. The Labute approximate surface area is 210 Å². The van der Waals surface area contributed by atoms with E-state index in [0.29, 0.717) is 29.4 Å². The van der Waals surface area contributed by atoms with E-state index >= 15 is 0 Å². The molecule has 1 N–H and O–H groups in total. The lowest BCUT2D eigenvalue weighted by atomic mass is 9.94. The van der Waals surface area contributed by atoms with Gasteiger partial charge in [-0.2, -0.15) is 0 Å². The monoisotopic (exact) mass is 485 g/mol. The Morgan fingerprint density at radius 1 is 1.11 bits per heavy atom. The van der Waals surface area contributed by atoms with Crippen molar-refractivity contribution < 1.29 is 4.92 Å². The minimum Gasteiger partial charge on any atom is -0.304 e. The van der Waals surface area contributed by atoms with Gasteiger partial charge in [-0.3, -0.25) is 25.3 Å². The lowest BCUT2D eigenvalue weighted by Crippen LogP contribution is -2.43. The highest BCUT2D eigenvalue weighted by molar-refractivity contribution is 5.86. The summed E-state index contributed by atoms with van der Waals surface area (Å²) in [6, 6.07) is 12.0. The van der Waals surface area contributed by atoms with E-state index in [0.717, 1.165) is 38.3 Å². The van der Waals surface area contributed by atoms with Gasteiger partial charge in [-0.15, -0.1) is 0 Å². The number of hydrogen-bond acceptors (Lipinski definition) is 8. The predicted octanol–water partition coefficient (Wildman–Crippen LogP) is 3.30. The molecule has 1 atom stereocenters. The summed E-state index contributed by atoms with van der Waals surface area (Å²) in [4.78, 5) is 29.6. The zero-order chi connectivity index (χ0) is 25.1. The quantitative estimate of drug-likeness (QED) is 0.386. The van der Waals surface area contributed by atoms with E-state index in [1.807, 2.05) is 19.2 Å². The molecule has 2 aromatic carbocycles. The second-order valence-corrected chi connectivity index (χ2v) is 9.55. The number of fused-ring (bicyclic) bond motifs is 1. The van der Waals surface area contributed by atoms with Crippen molar-refractivity contribution in [2.24, 2.45) is 4.99 Å². The van der Waals surface area contributed by atoms with Gasteiger partial charge in [0.15, 0.2) is 5.66 Å². The maximum Gasteiger partial charge on any atom is 0.277 e. The molecule has 0 saturated carbocycles. The Kier molecular flexibility index (Phi) is 6.86. The molecule has 9 heteroatoms.